The molecule has 0 saturated carbocycles. The lowest BCUT2D eigenvalue weighted by Crippen LogP contribution is -2.17. The predicted molar refractivity (Wildman–Crippen MR) is 288 cm³/mol. The molecule has 4 heteroatoms. The summed E-state index contributed by atoms with van der Waals surface area (Å²) in [5.41, 5.74) is 14.6. The van der Waals surface area contributed by atoms with Gasteiger partial charge in [0.25, 0.3) is 0 Å². The van der Waals surface area contributed by atoms with Crippen molar-refractivity contribution in [2.24, 2.45) is 0 Å². The Hall–Kier alpha value is -7.04. The summed E-state index contributed by atoms with van der Waals surface area (Å²) in [7, 11) is 0. The van der Waals surface area contributed by atoms with E-state index in [4.69, 9.17) is 18.2 Å². The summed E-state index contributed by atoms with van der Waals surface area (Å²) in [5.74, 6) is 1.04. The van der Waals surface area contributed by atoms with Crippen LogP contribution in [0.5, 0.6) is 5.75 Å². The van der Waals surface area contributed by atoms with Crippen molar-refractivity contribution < 1.29 is 13.3 Å². The van der Waals surface area contributed by atoms with Crippen LogP contribution in [0.3, 0.4) is 0 Å². The molecule has 0 saturated heterocycles. The summed E-state index contributed by atoms with van der Waals surface area (Å²) < 4.78 is 52.9. The maximum atomic E-state index is 12.7. The zero-order chi connectivity index (χ0) is 53.2. The minimum atomic E-state index is -2.57. The van der Waals surface area contributed by atoms with Gasteiger partial charge in [-0.2, -0.15) is 0 Å². The van der Waals surface area contributed by atoms with E-state index in [0.29, 0.717) is 22.6 Å². The Kier molecular flexibility index (Phi) is 10.3. The number of nitrogens with zero attached hydrogens (tertiary/aromatic N) is 3. The van der Waals surface area contributed by atoms with Crippen LogP contribution in [0.15, 0.2) is 158 Å². The Morgan fingerprint density at radius 2 is 1.10 bits per heavy atom. The number of hydrogen-bond donors (Lipinski definition) is 1. The van der Waals surface area contributed by atoms with E-state index in [9.17, 15) is 5.11 Å². The highest BCUT2D eigenvalue weighted by Crippen LogP contribution is 2.47. The standard InChI is InChI=1S/C64H65N3O/c1-39(2)52-34-47(44-25-17-14-18-26-44)35-53(40(3)4)60(52)67-57-28-20-27-51(59(57)66-62(67)54-37-50(63(7,8)9)38-55(61(54)68)64(10,11)12)48-31-46(43-23-15-13-16-24-43)32-49(33-48)56-36-45(29-30-65-56)58-41(5)21-19-22-42(58)6/h13-40,68H,1-12H3/i5D3,6D3. The van der Waals surface area contributed by atoms with Gasteiger partial charge in [0.2, 0.25) is 0 Å². The maximum Gasteiger partial charge on any atom is 0.149 e. The third-order valence-electron chi connectivity index (χ3n) is 13.2. The fourth-order valence-electron chi connectivity index (χ4n) is 9.50. The van der Waals surface area contributed by atoms with Crippen LogP contribution in [0, 0.1) is 13.7 Å². The number of para-hydroxylation sites is 1. The van der Waals surface area contributed by atoms with Crippen molar-refractivity contribution in [1.82, 2.24) is 14.5 Å². The lowest BCUT2D eigenvalue weighted by molar-refractivity contribution is 0.446. The van der Waals surface area contributed by atoms with E-state index in [1.54, 1.807) is 18.3 Å². The van der Waals surface area contributed by atoms with Gasteiger partial charge in [-0.3, -0.25) is 9.55 Å². The van der Waals surface area contributed by atoms with Crippen LogP contribution in [-0.2, 0) is 10.8 Å². The Morgan fingerprint density at radius 1 is 0.529 bits per heavy atom. The molecule has 2 aromatic heterocycles. The Labute approximate surface area is 412 Å². The zero-order valence-electron chi connectivity index (χ0n) is 47.0. The number of hydrogen-bond acceptors (Lipinski definition) is 3. The number of phenols is 1. The number of imidazole rings is 1. The van der Waals surface area contributed by atoms with Gasteiger partial charge in [-0.15, -0.1) is 0 Å². The summed E-state index contributed by atoms with van der Waals surface area (Å²) in [4.78, 5) is 10.6. The number of benzene rings is 7. The number of aryl methyl sites for hydroxylation is 2. The molecule has 0 unspecified atom stereocenters. The molecule has 7 aromatic carbocycles. The van der Waals surface area contributed by atoms with E-state index < -0.39 is 19.1 Å². The fourth-order valence-corrected chi connectivity index (χ4v) is 9.50. The molecule has 0 fully saturated rings. The number of rotatable bonds is 9. The highest BCUT2D eigenvalue weighted by molar-refractivity contribution is 5.98. The Morgan fingerprint density at radius 3 is 1.68 bits per heavy atom. The number of phenolic OH excluding ortho intramolecular Hbond substituents is 1. The summed E-state index contributed by atoms with van der Waals surface area (Å²) in [6.45, 7) is 16.8. The minimum absolute atomic E-state index is 0.0373. The first-order valence-electron chi connectivity index (χ1n) is 26.8. The molecule has 2 heterocycles. The normalized spacial score (nSPS) is 13.8. The molecule has 0 aliphatic heterocycles. The van der Waals surface area contributed by atoms with Crippen molar-refractivity contribution in [1.29, 1.82) is 0 Å². The molecule has 0 radical (unpaired) electrons. The third-order valence-corrected chi connectivity index (χ3v) is 13.2. The van der Waals surface area contributed by atoms with Crippen molar-refractivity contribution in [3.05, 3.63) is 191 Å². The lowest BCUT2D eigenvalue weighted by Gasteiger charge is -2.28. The highest BCUT2D eigenvalue weighted by Gasteiger charge is 2.31. The molecule has 0 amide bonds. The number of aromatic nitrogens is 3. The van der Waals surface area contributed by atoms with Crippen LogP contribution >= 0.6 is 0 Å². The first kappa shape index (κ1) is 39.0. The zero-order valence-corrected chi connectivity index (χ0v) is 41.0. The molecule has 68 heavy (non-hydrogen) atoms. The van der Waals surface area contributed by atoms with Crippen LogP contribution in [0.1, 0.15) is 123 Å². The van der Waals surface area contributed by atoms with E-state index in [2.05, 4.69) is 171 Å². The van der Waals surface area contributed by atoms with Gasteiger partial charge in [0, 0.05) is 31.1 Å². The van der Waals surface area contributed by atoms with E-state index in [1.807, 2.05) is 24.3 Å². The van der Waals surface area contributed by atoms with Gasteiger partial charge in [-0.1, -0.05) is 166 Å². The smallest absolute Gasteiger partial charge is 0.149 e. The van der Waals surface area contributed by atoms with Crippen LogP contribution < -0.4 is 0 Å². The maximum absolute atomic E-state index is 12.7. The molecule has 342 valence electrons. The number of pyridine rings is 1. The van der Waals surface area contributed by atoms with E-state index >= 15 is 0 Å². The van der Waals surface area contributed by atoms with Gasteiger partial charge >= 0.3 is 0 Å². The van der Waals surface area contributed by atoms with Crippen molar-refractivity contribution in [2.45, 2.75) is 106 Å². The first-order valence-corrected chi connectivity index (χ1v) is 23.8. The molecule has 0 aliphatic carbocycles. The quantitative estimate of drug-likeness (QED) is 0.157. The SMILES string of the molecule is [2H]C([2H])([2H])c1cccc(C([2H])([2H])[2H])c1-c1ccnc(-c2cc(-c3ccccc3)cc(-c3cccc4c3nc(-c3cc(C(C)(C)C)cc(C(C)(C)C)c3O)n4-c3c(C(C)C)cc(-c4ccccc4)cc3C(C)C)c2)c1. The molecule has 9 aromatic rings. The van der Waals surface area contributed by atoms with Crippen LogP contribution in [-0.4, -0.2) is 19.6 Å². The third kappa shape index (κ3) is 8.69. The van der Waals surface area contributed by atoms with Crippen molar-refractivity contribution in [2.75, 3.05) is 0 Å². The largest absolute Gasteiger partial charge is 0.507 e. The second-order valence-electron chi connectivity index (χ2n) is 20.9. The highest BCUT2D eigenvalue weighted by atomic mass is 16.3. The van der Waals surface area contributed by atoms with Crippen molar-refractivity contribution >= 4 is 11.0 Å². The summed E-state index contributed by atoms with van der Waals surface area (Å²) >= 11 is 0. The number of aromatic hydroxyl groups is 1. The minimum Gasteiger partial charge on any atom is -0.507 e. The van der Waals surface area contributed by atoms with Gasteiger partial charge in [0.1, 0.15) is 11.6 Å². The first-order chi connectivity index (χ1) is 34.8. The Bertz CT molecular complexity index is 3490. The molecule has 0 aliphatic rings. The second-order valence-corrected chi connectivity index (χ2v) is 20.9. The molecular weight excluding hydrogens is 827 g/mol. The van der Waals surface area contributed by atoms with Gasteiger partial charge in [0.05, 0.1) is 28.0 Å². The van der Waals surface area contributed by atoms with Crippen molar-refractivity contribution in [3.63, 3.8) is 0 Å². The van der Waals surface area contributed by atoms with Crippen LogP contribution in [0.2, 0.25) is 0 Å². The summed E-state index contributed by atoms with van der Waals surface area (Å²) in [5, 5.41) is 12.7. The molecular formula is C64H65N3O. The van der Waals surface area contributed by atoms with Gasteiger partial charge in [-0.05, 0) is 158 Å². The van der Waals surface area contributed by atoms with E-state index in [1.165, 1.54) is 18.2 Å². The monoisotopic (exact) mass is 898 g/mol. The molecule has 4 nitrogen and oxygen atoms in total. The van der Waals surface area contributed by atoms with Gasteiger partial charge < -0.3 is 5.11 Å². The topological polar surface area (TPSA) is 50.9 Å². The van der Waals surface area contributed by atoms with Gasteiger partial charge in [0.15, 0.2) is 0 Å². The van der Waals surface area contributed by atoms with Crippen LogP contribution in [0.25, 0.3) is 83.9 Å². The molecule has 1 N–H and O–H groups in total. The summed E-state index contributed by atoms with van der Waals surface area (Å²) in [6, 6.07) is 50.1. The molecule has 0 atom stereocenters. The summed E-state index contributed by atoms with van der Waals surface area (Å²) in [6.07, 6.45) is 1.61. The average Bonchev–Trinajstić information content (AvgIpc) is 3.74. The van der Waals surface area contributed by atoms with Gasteiger partial charge in [-0.25, -0.2) is 4.98 Å². The second kappa shape index (κ2) is 17.9. The molecule has 0 bridgehead atoms. The molecule has 0 spiro atoms. The number of fused-ring (bicyclic) bond motifs is 1. The fraction of sp³-hybridized carbons (Fsp3) is 0.250. The average molecular weight is 898 g/mol. The molecule has 9 rings (SSSR count). The lowest BCUT2D eigenvalue weighted by atomic mass is 9.78. The van der Waals surface area contributed by atoms with E-state index in [-0.39, 0.29) is 39.7 Å². The predicted octanol–water partition coefficient (Wildman–Crippen LogP) is 17.6. The van der Waals surface area contributed by atoms with E-state index in [0.717, 1.165) is 77.9 Å². The van der Waals surface area contributed by atoms with Crippen LogP contribution in [0.4, 0.5) is 0 Å². The Balaban J connectivity index is 1.38. The van der Waals surface area contributed by atoms with Crippen molar-refractivity contribution in [3.8, 4) is 78.6 Å².